The quantitative estimate of drug-likeness (QED) is 0.452. The van der Waals surface area contributed by atoms with Crippen LogP contribution in [-0.4, -0.2) is 32.8 Å². The molecule has 9 nitrogen and oxygen atoms in total. The summed E-state index contributed by atoms with van der Waals surface area (Å²) in [6.45, 7) is 1.49. The molecule has 0 aliphatic carbocycles. The molecule has 0 fully saturated rings. The molecule has 4 aromatic heterocycles. The maximum Gasteiger partial charge on any atom is 0.264 e. The van der Waals surface area contributed by atoms with Crippen molar-refractivity contribution in [1.29, 1.82) is 0 Å². The van der Waals surface area contributed by atoms with E-state index in [1.165, 1.54) is 43.8 Å². The number of hydrogen-bond acceptors (Lipinski definition) is 7. The Morgan fingerprint density at radius 2 is 1.97 bits per heavy atom. The van der Waals surface area contributed by atoms with E-state index in [9.17, 15) is 12.8 Å². The minimum Gasteiger partial charge on any atom is -0.381 e. The van der Waals surface area contributed by atoms with Crippen LogP contribution in [0.15, 0.2) is 48.0 Å². The van der Waals surface area contributed by atoms with Crippen molar-refractivity contribution in [2.24, 2.45) is 0 Å². The molecule has 0 saturated heterocycles. The van der Waals surface area contributed by atoms with Gasteiger partial charge in [-0.1, -0.05) is 17.5 Å². The molecular weight excluding hydrogens is 445 g/mol. The number of anilines is 2. The van der Waals surface area contributed by atoms with Crippen molar-refractivity contribution >= 4 is 38.9 Å². The van der Waals surface area contributed by atoms with Gasteiger partial charge < -0.3 is 5.73 Å². The first-order valence-corrected chi connectivity index (χ1v) is 10.5. The van der Waals surface area contributed by atoms with Gasteiger partial charge in [-0.25, -0.2) is 27.8 Å². The van der Waals surface area contributed by atoms with E-state index >= 15 is 0 Å². The third-order valence-corrected chi connectivity index (χ3v) is 5.86. The lowest BCUT2D eigenvalue weighted by Crippen LogP contribution is -2.17. The van der Waals surface area contributed by atoms with Crippen LogP contribution in [0.2, 0.25) is 5.02 Å². The highest BCUT2D eigenvalue weighted by Gasteiger charge is 2.21. The molecule has 31 heavy (non-hydrogen) atoms. The summed E-state index contributed by atoms with van der Waals surface area (Å²) in [5.74, 6) is 4.24. The van der Waals surface area contributed by atoms with Gasteiger partial charge in [0.25, 0.3) is 10.0 Å². The van der Waals surface area contributed by atoms with E-state index in [0.717, 1.165) is 0 Å². The number of halogens is 2. The van der Waals surface area contributed by atoms with E-state index in [2.05, 4.69) is 36.5 Å². The van der Waals surface area contributed by atoms with Gasteiger partial charge in [0.05, 0.1) is 22.5 Å². The van der Waals surface area contributed by atoms with Crippen molar-refractivity contribution in [3.63, 3.8) is 0 Å². The fourth-order valence-electron chi connectivity index (χ4n) is 2.72. The second-order valence-corrected chi connectivity index (χ2v) is 8.35. The van der Waals surface area contributed by atoms with Crippen molar-refractivity contribution in [2.75, 3.05) is 10.5 Å². The summed E-state index contributed by atoms with van der Waals surface area (Å²) in [7, 11) is -4.18. The third-order valence-electron chi connectivity index (χ3n) is 4.20. The fraction of sp³-hybridized carbons (Fsp3) is 0.0526. The van der Waals surface area contributed by atoms with Crippen LogP contribution < -0.4 is 10.5 Å². The molecule has 0 radical (unpaired) electrons. The Labute approximate surface area is 181 Å². The first-order chi connectivity index (χ1) is 14.8. The van der Waals surface area contributed by atoms with Gasteiger partial charge in [0.1, 0.15) is 10.6 Å². The van der Waals surface area contributed by atoms with E-state index in [-0.39, 0.29) is 27.0 Å². The number of fused-ring (bicyclic) bond motifs is 1. The van der Waals surface area contributed by atoms with Crippen LogP contribution in [0.1, 0.15) is 17.0 Å². The smallest absolute Gasteiger partial charge is 0.264 e. The largest absolute Gasteiger partial charge is 0.381 e. The maximum atomic E-state index is 14.9. The predicted molar refractivity (Wildman–Crippen MR) is 112 cm³/mol. The molecule has 4 aromatic rings. The normalized spacial score (nSPS) is 11.2. The molecule has 4 heterocycles. The fourth-order valence-corrected chi connectivity index (χ4v) is 4.17. The summed E-state index contributed by atoms with van der Waals surface area (Å²) in [5.41, 5.74) is 6.76. The van der Waals surface area contributed by atoms with E-state index in [0.29, 0.717) is 11.3 Å². The molecule has 12 heteroatoms. The van der Waals surface area contributed by atoms with E-state index in [1.54, 1.807) is 10.6 Å². The molecule has 0 aromatic carbocycles. The van der Waals surface area contributed by atoms with E-state index in [1.807, 2.05) is 0 Å². The van der Waals surface area contributed by atoms with Gasteiger partial charge in [-0.3, -0.25) is 14.1 Å². The number of pyridine rings is 2. The number of nitrogen functional groups attached to an aromatic ring is 1. The van der Waals surface area contributed by atoms with Gasteiger partial charge in [0.2, 0.25) is 0 Å². The lowest BCUT2D eigenvalue weighted by Gasteiger charge is -2.10. The number of hydrogen-bond donors (Lipinski definition) is 2. The van der Waals surface area contributed by atoms with Crippen LogP contribution in [-0.2, 0) is 10.0 Å². The van der Waals surface area contributed by atoms with Crippen LogP contribution in [0.3, 0.4) is 0 Å². The van der Waals surface area contributed by atoms with Crippen LogP contribution in [0, 0.1) is 24.6 Å². The number of nitrogens with zero attached hydrogens (tertiary/aromatic N) is 5. The minimum absolute atomic E-state index is 0.0642. The Balaban J connectivity index is 1.69. The summed E-state index contributed by atoms with van der Waals surface area (Å²) in [4.78, 5) is 15.6. The first-order valence-electron chi connectivity index (χ1n) is 8.65. The zero-order chi connectivity index (χ0) is 22.2. The van der Waals surface area contributed by atoms with Gasteiger partial charge in [-0.15, -0.1) is 0 Å². The summed E-state index contributed by atoms with van der Waals surface area (Å²) >= 11 is 5.84. The number of sulfonamides is 1. The predicted octanol–water partition coefficient (Wildman–Crippen LogP) is 2.40. The molecule has 0 spiro atoms. The topological polar surface area (TPSA) is 128 Å². The molecule has 0 unspecified atom stereocenters. The van der Waals surface area contributed by atoms with Crippen LogP contribution in [0.25, 0.3) is 5.65 Å². The lowest BCUT2D eigenvalue weighted by molar-refractivity contribution is 0.596. The second kappa shape index (κ2) is 7.82. The molecule has 4 rings (SSSR count). The number of aryl methyl sites for hydroxylation is 1. The molecule has 0 bridgehead atoms. The number of aromatic nitrogens is 5. The average Bonchev–Trinajstić information content (AvgIpc) is 3.15. The Kier molecular flexibility index (Phi) is 5.18. The Morgan fingerprint density at radius 3 is 2.77 bits per heavy atom. The number of imidazole rings is 1. The molecule has 0 atom stereocenters. The number of nitrogens with one attached hydrogen (secondary N) is 1. The van der Waals surface area contributed by atoms with E-state index < -0.39 is 21.7 Å². The SMILES string of the molecule is Cc1ncc(Cl)cc1S(=O)(=O)Nc1nccc(C#Cc2cnc3c(N)nccn23)c1F. The number of nitrogens with two attached hydrogens (primary N) is 1. The van der Waals surface area contributed by atoms with Crippen molar-refractivity contribution in [3.05, 3.63) is 70.9 Å². The summed E-state index contributed by atoms with van der Waals surface area (Å²) in [6, 6.07) is 2.55. The average molecular weight is 458 g/mol. The van der Waals surface area contributed by atoms with Crippen molar-refractivity contribution in [2.45, 2.75) is 11.8 Å². The summed E-state index contributed by atoms with van der Waals surface area (Å²) < 4.78 is 44.0. The van der Waals surface area contributed by atoms with Gasteiger partial charge >= 0.3 is 0 Å². The minimum atomic E-state index is -4.18. The summed E-state index contributed by atoms with van der Waals surface area (Å²) in [5, 5.41) is 0.128. The summed E-state index contributed by atoms with van der Waals surface area (Å²) in [6.07, 6.45) is 7.13. The molecule has 156 valence electrons. The zero-order valence-corrected chi connectivity index (χ0v) is 17.4. The highest BCUT2D eigenvalue weighted by Crippen LogP contribution is 2.22. The second-order valence-electron chi connectivity index (χ2n) is 6.26. The highest BCUT2D eigenvalue weighted by atomic mass is 35.5. The monoisotopic (exact) mass is 457 g/mol. The van der Waals surface area contributed by atoms with Crippen molar-refractivity contribution in [3.8, 4) is 11.8 Å². The molecule has 0 aliphatic rings. The lowest BCUT2D eigenvalue weighted by atomic mass is 10.2. The van der Waals surface area contributed by atoms with Gasteiger partial charge in [0, 0.05) is 24.8 Å². The van der Waals surface area contributed by atoms with Crippen molar-refractivity contribution in [1.82, 2.24) is 24.3 Å². The van der Waals surface area contributed by atoms with Gasteiger partial charge in [-0.05, 0) is 25.0 Å². The Bertz CT molecular complexity index is 1490. The van der Waals surface area contributed by atoms with Crippen LogP contribution >= 0.6 is 11.6 Å². The third kappa shape index (κ3) is 3.98. The standard InChI is InChI=1S/C19H13ClFN7O2S/c1-11-15(8-13(20)9-25-11)31(29,30)27-18-16(21)12(4-5-24-18)2-3-14-10-26-19-17(22)23-6-7-28(14)19/h4-10H,1H3,(H2,22,23)(H,24,27). The van der Waals surface area contributed by atoms with Crippen LogP contribution in [0.5, 0.6) is 0 Å². The number of rotatable bonds is 3. The highest BCUT2D eigenvalue weighted by molar-refractivity contribution is 7.92. The van der Waals surface area contributed by atoms with E-state index in [4.69, 9.17) is 17.3 Å². The van der Waals surface area contributed by atoms with Gasteiger partial charge in [0.15, 0.2) is 23.1 Å². The molecule has 3 N–H and O–H groups in total. The maximum absolute atomic E-state index is 14.9. The molecule has 0 saturated carbocycles. The molecule has 0 amide bonds. The molecule has 0 aliphatic heterocycles. The Morgan fingerprint density at radius 1 is 1.16 bits per heavy atom. The zero-order valence-electron chi connectivity index (χ0n) is 15.8. The molecular formula is C19H13ClFN7O2S. The first kappa shape index (κ1) is 20.5. The Hall–Kier alpha value is -3.75. The van der Waals surface area contributed by atoms with Crippen molar-refractivity contribution < 1.29 is 12.8 Å². The van der Waals surface area contributed by atoms with Gasteiger partial charge in [-0.2, -0.15) is 0 Å². The van der Waals surface area contributed by atoms with Crippen LogP contribution in [0.4, 0.5) is 16.0 Å².